The molecule has 0 fully saturated rings. The first kappa shape index (κ1) is 20.1. The normalized spacial score (nSPS) is 11.4. The van der Waals surface area contributed by atoms with Crippen LogP contribution in [0.5, 0.6) is 0 Å². The fraction of sp³-hybridized carbons (Fsp3) is 0.222. The lowest BCUT2D eigenvalue weighted by atomic mass is 10.1. The fourth-order valence-electron chi connectivity index (χ4n) is 2.64. The van der Waals surface area contributed by atoms with Crippen molar-refractivity contribution in [1.82, 2.24) is 19.6 Å². The lowest BCUT2D eigenvalue weighted by Crippen LogP contribution is -2.19. The maximum Gasteiger partial charge on any atom is 0.416 e. The number of aryl methyl sites for hydroxylation is 1. The summed E-state index contributed by atoms with van der Waals surface area (Å²) in [4.78, 5) is 23.0. The third-order valence-electron chi connectivity index (χ3n) is 3.97. The number of carboxylic acid groups (broad SMARTS) is 1. The van der Waals surface area contributed by atoms with Crippen molar-refractivity contribution in [2.75, 3.05) is 5.32 Å². The fourth-order valence-corrected chi connectivity index (χ4v) is 2.64. The van der Waals surface area contributed by atoms with Gasteiger partial charge >= 0.3 is 12.1 Å². The molecule has 0 aliphatic carbocycles. The maximum absolute atomic E-state index is 12.8. The second kappa shape index (κ2) is 8.17. The number of carbonyl (C=O) groups excluding carboxylic acids is 1. The number of nitrogens with zero attached hydrogens (tertiary/aromatic N) is 4. The Kier molecular flexibility index (Phi) is 5.66. The summed E-state index contributed by atoms with van der Waals surface area (Å²) in [7, 11) is 0. The van der Waals surface area contributed by atoms with E-state index in [0.717, 1.165) is 12.1 Å². The van der Waals surface area contributed by atoms with Crippen molar-refractivity contribution in [3.05, 3.63) is 65.6 Å². The Morgan fingerprint density at radius 3 is 2.69 bits per heavy atom. The molecular formula is C18H16F3N5O3. The predicted octanol–water partition coefficient (Wildman–Crippen LogP) is 2.87. The molecule has 0 saturated carbocycles. The van der Waals surface area contributed by atoms with Gasteiger partial charge in [-0.05, 0) is 23.8 Å². The number of anilines is 1. The molecule has 8 nitrogen and oxygen atoms in total. The number of halogens is 3. The number of aromatic nitrogens is 4. The molecule has 0 aliphatic rings. The average molecular weight is 407 g/mol. The molecule has 2 N–H and O–H groups in total. The molecule has 0 spiro atoms. The zero-order valence-electron chi connectivity index (χ0n) is 14.9. The molecular weight excluding hydrogens is 391 g/mol. The van der Waals surface area contributed by atoms with Crippen LogP contribution in [0.3, 0.4) is 0 Å². The van der Waals surface area contributed by atoms with Crippen molar-refractivity contribution in [2.24, 2.45) is 0 Å². The van der Waals surface area contributed by atoms with Crippen LogP contribution >= 0.6 is 0 Å². The molecule has 0 unspecified atom stereocenters. The summed E-state index contributed by atoms with van der Waals surface area (Å²) in [6.45, 7) is 0.130. The number of benzene rings is 1. The number of aliphatic carboxylic acids is 1. The number of nitrogens with one attached hydrogen (secondary N) is 1. The van der Waals surface area contributed by atoms with Gasteiger partial charge in [-0.2, -0.15) is 23.4 Å². The molecule has 0 aliphatic heterocycles. The van der Waals surface area contributed by atoms with Crippen molar-refractivity contribution in [1.29, 1.82) is 0 Å². The zero-order valence-corrected chi connectivity index (χ0v) is 14.9. The van der Waals surface area contributed by atoms with Crippen LogP contribution in [-0.2, 0) is 24.1 Å². The summed E-state index contributed by atoms with van der Waals surface area (Å²) in [5.41, 5.74) is -0.170. The maximum atomic E-state index is 12.8. The van der Waals surface area contributed by atoms with Gasteiger partial charge in [0.2, 0.25) is 0 Å². The molecule has 0 radical (unpaired) electrons. The smallest absolute Gasteiger partial charge is 0.416 e. The first-order valence-electron chi connectivity index (χ1n) is 8.47. The van der Waals surface area contributed by atoms with Crippen LogP contribution < -0.4 is 5.32 Å². The van der Waals surface area contributed by atoms with Gasteiger partial charge in [0.1, 0.15) is 5.69 Å². The van der Waals surface area contributed by atoms with Crippen molar-refractivity contribution in [3.63, 3.8) is 0 Å². The van der Waals surface area contributed by atoms with Gasteiger partial charge in [0.05, 0.1) is 25.1 Å². The summed E-state index contributed by atoms with van der Waals surface area (Å²) in [6.07, 6.45) is -1.71. The highest BCUT2D eigenvalue weighted by molar-refractivity contribution is 6.02. The highest BCUT2D eigenvalue weighted by atomic mass is 19.4. The Labute approximate surface area is 162 Å². The van der Waals surface area contributed by atoms with Crippen molar-refractivity contribution < 1.29 is 27.9 Å². The SMILES string of the molecule is O=C(O)CCn1nccc1C(=O)Nc1ccn(Cc2cccc(C(F)(F)F)c2)n1. The summed E-state index contributed by atoms with van der Waals surface area (Å²) < 4.78 is 41.1. The minimum absolute atomic E-state index is 0.0368. The second-order valence-corrected chi connectivity index (χ2v) is 6.13. The van der Waals surface area contributed by atoms with Gasteiger partial charge in [-0.15, -0.1) is 0 Å². The number of rotatable bonds is 7. The van der Waals surface area contributed by atoms with E-state index in [0.29, 0.717) is 5.56 Å². The van der Waals surface area contributed by atoms with E-state index in [1.807, 2.05) is 0 Å². The molecule has 11 heteroatoms. The van der Waals surface area contributed by atoms with Crippen LogP contribution in [0.4, 0.5) is 19.0 Å². The molecule has 29 heavy (non-hydrogen) atoms. The minimum atomic E-state index is -4.43. The van der Waals surface area contributed by atoms with E-state index >= 15 is 0 Å². The molecule has 1 aromatic carbocycles. The molecule has 2 heterocycles. The number of hydrogen-bond donors (Lipinski definition) is 2. The number of hydrogen-bond acceptors (Lipinski definition) is 4. The van der Waals surface area contributed by atoms with Gasteiger partial charge in [-0.1, -0.05) is 12.1 Å². The highest BCUT2D eigenvalue weighted by Gasteiger charge is 2.30. The Balaban J connectivity index is 1.66. The van der Waals surface area contributed by atoms with E-state index in [-0.39, 0.29) is 31.0 Å². The van der Waals surface area contributed by atoms with E-state index in [1.165, 1.54) is 40.0 Å². The Morgan fingerprint density at radius 2 is 1.97 bits per heavy atom. The Morgan fingerprint density at radius 1 is 1.17 bits per heavy atom. The van der Waals surface area contributed by atoms with E-state index in [1.54, 1.807) is 6.07 Å². The predicted molar refractivity (Wildman–Crippen MR) is 95.2 cm³/mol. The Hall–Kier alpha value is -3.63. The molecule has 3 aromatic rings. The van der Waals surface area contributed by atoms with Crippen LogP contribution in [0.25, 0.3) is 0 Å². The average Bonchev–Trinajstić information content (AvgIpc) is 3.29. The van der Waals surface area contributed by atoms with Crippen LogP contribution in [0, 0.1) is 0 Å². The van der Waals surface area contributed by atoms with Gasteiger partial charge in [0.25, 0.3) is 5.91 Å². The molecule has 3 rings (SSSR count). The third-order valence-corrected chi connectivity index (χ3v) is 3.97. The van der Waals surface area contributed by atoms with Gasteiger partial charge in [0, 0.05) is 18.5 Å². The highest BCUT2D eigenvalue weighted by Crippen LogP contribution is 2.29. The molecule has 0 atom stereocenters. The van der Waals surface area contributed by atoms with Crippen molar-refractivity contribution in [2.45, 2.75) is 25.7 Å². The summed E-state index contributed by atoms with van der Waals surface area (Å²) >= 11 is 0. The molecule has 0 bridgehead atoms. The summed E-state index contributed by atoms with van der Waals surface area (Å²) in [5.74, 6) is -1.34. The molecule has 1 amide bonds. The number of carboxylic acids is 1. The van der Waals surface area contributed by atoms with E-state index in [2.05, 4.69) is 15.5 Å². The van der Waals surface area contributed by atoms with Crippen LogP contribution in [0.15, 0.2) is 48.8 Å². The first-order valence-corrected chi connectivity index (χ1v) is 8.47. The largest absolute Gasteiger partial charge is 0.481 e. The first-order chi connectivity index (χ1) is 13.7. The molecule has 152 valence electrons. The lowest BCUT2D eigenvalue weighted by Gasteiger charge is -2.09. The van der Waals surface area contributed by atoms with E-state index in [4.69, 9.17) is 5.11 Å². The number of alkyl halides is 3. The number of carbonyl (C=O) groups is 2. The van der Waals surface area contributed by atoms with Crippen molar-refractivity contribution >= 4 is 17.7 Å². The Bertz CT molecular complexity index is 1030. The van der Waals surface area contributed by atoms with Crippen LogP contribution in [-0.4, -0.2) is 36.5 Å². The van der Waals surface area contributed by atoms with Gasteiger partial charge in [-0.25, -0.2) is 0 Å². The second-order valence-electron chi connectivity index (χ2n) is 6.13. The van der Waals surface area contributed by atoms with Gasteiger partial charge in [0.15, 0.2) is 5.82 Å². The summed E-state index contributed by atoms with van der Waals surface area (Å²) in [6, 6.07) is 7.85. The van der Waals surface area contributed by atoms with E-state index < -0.39 is 23.6 Å². The molecule has 2 aromatic heterocycles. The quantitative estimate of drug-likeness (QED) is 0.627. The third kappa shape index (κ3) is 5.21. The molecule has 0 saturated heterocycles. The minimum Gasteiger partial charge on any atom is -0.481 e. The van der Waals surface area contributed by atoms with Crippen LogP contribution in [0.1, 0.15) is 28.0 Å². The standard InChI is InChI=1S/C18H16F3N5O3/c19-18(20,21)13-3-1-2-12(10-13)11-25-8-5-15(24-25)23-17(29)14-4-7-22-26(14)9-6-16(27)28/h1-5,7-8,10H,6,9,11H2,(H,27,28)(H,23,24,29). The van der Waals surface area contributed by atoms with Crippen molar-refractivity contribution in [3.8, 4) is 0 Å². The lowest BCUT2D eigenvalue weighted by molar-refractivity contribution is -0.138. The number of amides is 1. The van der Waals surface area contributed by atoms with E-state index in [9.17, 15) is 22.8 Å². The monoisotopic (exact) mass is 407 g/mol. The summed E-state index contributed by atoms with van der Waals surface area (Å²) in [5, 5.41) is 19.3. The van der Waals surface area contributed by atoms with Crippen LogP contribution in [0.2, 0.25) is 0 Å². The zero-order chi connectivity index (χ0) is 21.0. The van der Waals surface area contributed by atoms with Gasteiger partial charge < -0.3 is 10.4 Å². The topological polar surface area (TPSA) is 102 Å². The van der Waals surface area contributed by atoms with Gasteiger partial charge in [-0.3, -0.25) is 19.0 Å².